The van der Waals surface area contributed by atoms with E-state index in [2.05, 4.69) is 13.5 Å². The summed E-state index contributed by atoms with van der Waals surface area (Å²) in [4.78, 5) is 41.7. The van der Waals surface area contributed by atoms with Crippen LogP contribution in [0.15, 0.2) is 84.5 Å². The van der Waals surface area contributed by atoms with Crippen molar-refractivity contribution < 1.29 is 53.0 Å². The lowest BCUT2D eigenvalue weighted by Crippen LogP contribution is -2.76. The quantitative estimate of drug-likeness (QED) is 0.0575. The molecule has 0 aromatic heterocycles. The SMILES string of the molecule is C=C(C)[C@@]12O[C@]3(c4ccccc4)O[C@@H]1[C@@H]1[C@@H]4O[C@]4(COC(=O)CCCCCCCCCCCCCCC)[C@@H](O)[C@]4(O)C(=O)C(C)=C[C@@H]4[C@@]1(O3)[C@H](C)[C@H]2OC(=O)c1ccccc1. The molecule has 330 valence electrons. The third kappa shape index (κ3) is 7.06. The van der Waals surface area contributed by atoms with Gasteiger partial charge in [-0.1, -0.05) is 152 Å². The van der Waals surface area contributed by atoms with Crippen LogP contribution in [0, 0.1) is 17.8 Å². The molecule has 2 saturated carbocycles. The van der Waals surface area contributed by atoms with Gasteiger partial charge >= 0.3 is 17.9 Å². The zero-order valence-electron chi connectivity index (χ0n) is 36.3. The molecule has 2 aromatic carbocycles. The van der Waals surface area contributed by atoms with Crippen molar-refractivity contribution in [3.8, 4) is 0 Å². The molecule has 2 N–H and O–H groups in total. The predicted octanol–water partition coefficient (Wildman–Crippen LogP) is 8.20. The lowest BCUT2D eigenvalue weighted by molar-refractivity contribution is -0.440. The standard InChI is InChI=1S/C50H64O11/c1-6-7-8-9-10-11-12-13-14-15-16-17-24-29-38(51)56-31-46-42(58-46)39-43-48(32(2)3)41(57-44(53)35-25-20-18-21-26-35)34(5)49(39,37-30-33(4)40(52)47(37,55)45(46)54)61-50(59-43,60-48)36-27-22-19-23-28-36/h18-23,25-28,30,34,37,39,41-43,45,54-55H,2,6-17,24,29,31H2,1,3-5H3/t34-,37+,39+,41-,42+,43-,45-,46+,47-,48+,49+,50+/m1/s1. The summed E-state index contributed by atoms with van der Waals surface area (Å²) in [6.45, 7) is 11.5. The van der Waals surface area contributed by atoms with Gasteiger partial charge in [0.15, 0.2) is 22.6 Å². The van der Waals surface area contributed by atoms with Crippen LogP contribution >= 0.6 is 0 Å². The number of aliphatic hydroxyl groups excluding tert-OH is 1. The van der Waals surface area contributed by atoms with E-state index < -0.39 is 94.9 Å². The fraction of sp³-hybridized carbons (Fsp3) is 0.620. The van der Waals surface area contributed by atoms with E-state index in [4.69, 9.17) is 28.4 Å². The van der Waals surface area contributed by atoms with Crippen LogP contribution in [0.5, 0.6) is 0 Å². The largest absolute Gasteiger partial charge is 0.462 e. The van der Waals surface area contributed by atoms with Crippen molar-refractivity contribution in [1.82, 2.24) is 0 Å². The van der Waals surface area contributed by atoms with Gasteiger partial charge in [-0.25, -0.2) is 4.79 Å². The Labute approximate surface area is 360 Å². The highest BCUT2D eigenvalue weighted by Crippen LogP contribution is 2.74. The van der Waals surface area contributed by atoms with Gasteiger partial charge in [0.2, 0.25) is 0 Å². The number of unbranched alkanes of at least 4 members (excludes halogenated alkanes) is 12. The number of hydrogen-bond acceptors (Lipinski definition) is 11. The molecule has 3 saturated heterocycles. The minimum atomic E-state index is -2.48. The molecule has 0 spiro atoms. The number of rotatable bonds is 20. The average molecular weight is 841 g/mol. The van der Waals surface area contributed by atoms with Crippen LogP contribution in [0.1, 0.15) is 134 Å². The summed E-state index contributed by atoms with van der Waals surface area (Å²) < 4.78 is 40.3. The number of carbonyl (C=O) groups is 3. The summed E-state index contributed by atoms with van der Waals surface area (Å²) in [5.74, 6) is -6.49. The number of benzene rings is 2. The van der Waals surface area contributed by atoms with Crippen LogP contribution in [0.4, 0.5) is 0 Å². The number of fused-ring (bicyclic) bond motifs is 3. The van der Waals surface area contributed by atoms with Gasteiger partial charge in [0.05, 0.1) is 11.2 Å². The maximum atomic E-state index is 14.4. The molecule has 0 unspecified atom stereocenters. The highest BCUT2D eigenvalue weighted by atomic mass is 16.9. The van der Waals surface area contributed by atoms with Crippen LogP contribution in [0.2, 0.25) is 0 Å². The summed E-state index contributed by atoms with van der Waals surface area (Å²) in [5, 5.41) is 25.4. The Kier molecular flexibility index (Phi) is 12.3. The molecule has 3 heterocycles. The Morgan fingerprint density at radius 1 is 0.820 bits per heavy atom. The number of epoxide rings is 1. The van der Waals surface area contributed by atoms with Gasteiger partial charge in [-0.2, -0.15) is 0 Å². The number of carbonyl (C=O) groups excluding carboxylic acids is 3. The second kappa shape index (κ2) is 17.1. The van der Waals surface area contributed by atoms with Crippen LogP contribution in [0.25, 0.3) is 0 Å². The van der Waals surface area contributed by atoms with Crippen LogP contribution in [-0.4, -0.2) is 81.4 Å². The van der Waals surface area contributed by atoms with Crippen LogP contribution < -0.4 is 0 Å². The molecule has 3 bridgehead atoms. The van der Waals surface area contributed by atoms with E-state index in [9.17, 15) is 24.6 Å². The second-order valence-electron chi connectivity index (χ2n) is 18.6. The lowest BCUT2D eigenvalue weighted by Gasteiger charge is -2.61. The van der Waals surface area contributed by atoms with Gasteiger partial charge in [0.25, 0.3) is 0 Å². The summed E-state index contributed by atoms with van der Waals surface area (Å²) in [6.07, 6.45) is 12.4. The topological polar surface area (TPSA) is 150 Å². The van der Waals surface area contributed by atoms with Gasteiger partial charge in [-0.05, 0) is 43.5 Å². The minimum Gasteiger partial charge on any atom is -0.462 e. The van der Waals surface area contributed by atoms with E-state index in [1.54, 1.807) is 62.4 Å². The number of ether oxygens (including phenoxy) is 6. The Bertz CT molecular complexity index is 1980. The third-order valence-corrected chi connectivity index (χ3v) is 14.8. The Morgan fingerprint density at radius 2 is 1.41 bits per heavy atom. The monoisotopic (exact) mass is 840 g/mol. The number of ketones is 1. The molecule has 0 amide bonds. The first-order valence-electron chi connectivity index (χ1n) is 22.9. The number of esters is 2. The first kappa shape index (κ1) is 43.9. The fourth-order valence-corrected chi connectivity index (χ4v) is 11.6. The first-order valence-corrected chi connectivity index (χ1v) is 22.9. The van der Waals surface area contributed by atoms with Crippen molar-refractivity contribution >= 4 is 17.7 Å². The van der Waals surface area contributed by atoms with Gasteiger partial charge in [0.1, 0.15) is 31.0 Å². The number of hydrogen-bond donors (Lipinski definition) is 2. The molecule has 8 rings (SSSR count). The zero-order chi connectivity index (χ0) is 43.2. The summed E-state index contributed by atoms with van der Waals surface area (Å²) in [6, 6.07) is 17.7. The van der Waals surface area contributed by atoms with Crippen LogP contribution in [0.3, 0.4) is 0 Å². The van der Waals surface area contributed by atoms with E-state index in [1.165, 1.54) is 57.8 Å². The predicted molar refractivity (Wildman–Crippen MR) is 226 cm³/mol. The van der Waals surface area contributed by atoms with E-state index >= 15 is 0 Å². The van der Waals surface area contributed by atoms with E-state index in [0.29, 0.717) is 23.1 Å². The van der Waals surface area contributed by atoms with Gasteiger partial charge in [-0.15, -0.1) is 0 Å². The second-order valence-corrected chi connectivity index (χ2v) is 18.6. The number of Topliss-reactive ketones (excluding diaryl/α,β-unsaturated/α-hetero) is 1. The molecule has 5 fully saturated rings. The molecule has 12 atom stereocenters. The molecule has 61 heavy (non-hydrogen) atoms. The van der Waals surface area contributed by atoms with E-state index in [0.717, 1.165) is 19.3 Å². The molecule has 11 nitrogen and oxygen atoms in total. The molecule has 3 aliphatic carbocycles. The summed E-state index contributed by atoms with van der Waals surface area (Å²) >= 11 is 0. The van der Waals surface area contributed by atoms with Gasteiger partial charge in [-0.3, -0.25) is 9.59 Å². The van der Waals surface area contributed by atoms with Crippen molar-refractivity contribution in [2.24, 2.45) is 17.8 Å². The highest BCUT2D eigenvalue weighted by Gasteiger charge is 2.91. The van der Waals surface area contributed by atoms with E-state index in [1.807, 2.05) is 25.1 Å². The van der Waals surface area contributed by atoms with Gasteiger partial charge in [0, 0.05) is 29.7 Å². The maximum Gasteiger partial charge on any atom is 0.338 e. The lowest BCUT2D eigenvalue weighted by atomic mass is 9.53. The molecule has 6 aliphatic rings. The minimum absolute atomic E-state index is 0.195. The summed E-state index contributed by atoms with van der Waals surface area (Å²) in [7, 11) is 0. The Morgan fingerprint density at radius 3 is 2.02 bits per heavy atom. The van der Waals surface area contributed by atoms with Crippen molar-refractivity contribution in [2.45, 2.75) is 170 Å². The Balaban J connectivity index is 1.05. The summed E-state index contributed by atoms with van der Waals surface area (Å²) in [5.41, 5.74) is -5.75. The van der Waals surface area contributed by atoms with Crippen molar-refractivity contribution in [1.29, 1.82) is 0 Å². The molecule has 11 heteroatoms. The fourth-order valence-electron chi connectivity index (χ4n) is 11.6. The normalized spacial score (nSPS) is 37.6. The molecule has 2 aromatic rings. The average Bonchev–Trinajstić information content (AvgIpc) is 3.87. The first-order chi connectivity index (χ1) is 29.3. The number of aliphatic hydroxyl groups is 2. The van der Waals surface area contributed by atoms with Crippen molar-refractivity contribution in [3.05, 3.63) is 95.6 Å². The van der Waals surface area contributed by atoms with Crippen molar-refractivity contribution in [2.75, 3.05) is 6.61 Å². The van der Waals surface area contributed by atoms with E-state index in [-0.39, 0.29) is 12.0 Å². The Hall–Kier alpha value is -3.71. The highest BCUT2D eigenvalue weighted by molar-refractivity contribution is 6.05. The maximum absolute atomic E-state index is 14.4. The molecular weight excluding hydrogens is 777 g/mol. The molecular formula is C50H64O11. The van der Waals surface area contributed by atoms with Crippen molar-refractivity contribution in [3.63, 3.8) is 0 Å². The van der Waals surface area contributed by atoms with Crippen LogP contribution in [-0.2, 0) is 44.0 Å². The molecule has 0 radical (unpaired) electrons. The molecule has 3 aliphatic heterocycles. The zero-order valence-corrected chi connectivity index (χ0v) is 36.3. The smallest absolute Gasteiger partial charge is 0.338 e. The third-order valence-electron chi connectivity index (χ3n) is 14.8. The van der Waals surface area contributed by atoms with Gasteiger partial charge < -0.3 is 38.6 Å².